The van der Waals surface area contributed by atoms with Crippen molar-refractivity contribution in [3.8, 4) is 10.6 Å². The van der Waals surface area contributed by atoms with Gasteiger partial charge in [-0.1, -0.05) is 23.7 Å². The Morgan fingerprint density at radius 3 is 2.64 bits per heavy atom. The van der Waals surface area contributed by atoms with Crippen LogP contribution in [0.3, 0.4) is 0 Å². The van der Waals surface area contributed by atoms with E-state index in [1.54, 1.807) is 0 Å². The van der Waals surface area contributed by atoms with E-state index in [-0.39, 0.29) is 5.91 Å². The van der Waals surface area contributed by atoms with Gasteiger partial charge < -0.3 is 9.47 Å². The van der Waals surface area contributed by atoms with Gasteiger partial charge in [-0.25, -0.2) is 4.98 Å². The summed E-state index contributed by atoms with van der Waals surface area (Å²) in [5, 5.41) is 2.66. The number of carbonyl (C=O) groups excluding carboxylic acids is 1. The second-order valence-corrected chi connectivity index (χ2v) is 9.49. The number of halogens is 1. The van der Waals surface area contributed by atoms with Crippen LogP contribution in [0.25, 0.3) is 21.5 Å². The van der Waals surface area contributed by atoms with Crippen molar-refractivity contribution >= 4 is 45.4 Å². The molecular weight excluding hydrogens is 452 g/mol. The van der Waals surface area contributed by atoms with Crippen molar-refractivity contribution in [1.82, 2.24) is 14.5 Å². The van der Waals surface area contributed by atoms with Crippen LogP contribution in [0.15, 0.2) is 79.3 Å². The van der Waals surface area contributed by atoms with Gasteiger partial charge in [-0.15, -0.1) is 11.3 Å². The molecule has 4 heterocycles. The first-order chi connectivity index (χ1) is 16.2. The Bertz CT molecular complexity index is 1470. The van der Waals surface area contributed by atoms with Crippen LogP contribution in [0, 0.1) is 0 Å². The fraction of sp³-hybridized carbons (Fsp3) is 0.115. The Morgan fingerprint density at radius 1 is 1.00 bits per heavy atom. The number of benzene rings is 2. The van der Waals surface area contributed by atoms with Crippen molar-refractivity contribution in [3.63, 3.8) is 0 Å². The van der Waals surface area contributed by atoms with Crippen LogP contribution in [-0.4, -0.2) is 27.0 Å². The van der Waals surface area contributed by atoms with E-state index in [9.17, 15) is 4.79 Å². The Labute approximate surface area is 199 Å². The van der Waals surface area contributed by atoms with Gasteiger partial charge in [0.15, 0.2) is 0 Å². The lowest BCUT2D eigenvalue weighted by Crippen LogP contribution is -2.36. The van der Waals surface area contributed by atoms with E-state index in [4.69, 9.17) is 16.6 Å². The second-order valence-electron chi connectivity index (χ2n) is 8.05. The molecule has 0 bridgehead atoms. The minimum absolute atomic E-state index is 0.0181. The topological polar surface area (TPSA) is 51.0 Å². The third kappa shape index (κ3) is 3.71. The van der Waals surface area contributed by atoms with E-state index in [1.165, 1.54) is 16.9 Å². The van der Waals surface area contributed by atoms with E-state index in [2.05, 4.69) is 33.9 Å². The fourth-order valence-electron chi connectivity index (χ4n) is 4.27. The lowest BCUT2D eigenvalue weighted by atomic mass is 10.1. The predicted octanol–water partition coefficient (Wildman–Crippen LogP) is 6.06. The van der Waals surface area contributed by atoms with Crippen LogP contribution in [-0.2, 0) is 13.0 Å². The summed E-state index contributed by atoms with van der Waals surface area (Å²) in [7, 11) is 0. The largest absolute Gasteiger partial charge is 0.343 e. The molecule has 5 nitrogen and oxygen atoms in total. The molecule has 0 saturated carbocycles. The average molecular weight is 471 g/mol. The summed E-state index contributed by atoms with van der Waals surface area (Å²) >= 11 is 7.47. The molecule has 0 spiro atoms. The van der Waals surface area contributed by atoms with Gasteiger partial charge in [-0.3, -0.25) is 9.78 Å². The SMILES string of the molecule is O=C1c2sc(-c3ccc(Cl)cc3)nc2CCN1c1ccc2c(ccn2Cc2ccncc2)c1. The molecule has 1 aliphatic rings. The smallest absolute Gasteiger partial charge is 0.270 e. The average Bonchev–Trinajstić information content (AvgIpc) is 3.45. The lowest BCUT2D eigenvalue weighted by Gasteiger charge is -2.26. The number of hydrogen-bond acceptors (Lipinski definition) is 4. The summed E-state index contributed by atoms with van der Waals surface area (Å²) in [6, 6.07) is 20.0. The summed E-state index contributed by atoms with van der Waals surface area (Å²) < 4.78 is 2.21. The molecule has 0 radical (unpaired) electrons. The monoisotopic (exact) mass is 470 g/mol. The Balaban J connectivity index is 1.28. The van der Waals surface area contributed by atoms with Crippen LogP contribution in [0.2, 0.25) is 5.02 Å². The molecule has 0 aliphatic carbocycles. The van der Waals surface area contributed by atoms with Crippen LogP contribution >= 0.6 is 22.9 Å². The molecule has 2 aromatic carbocycles. The molecule has 1 aliphatic heterocycles. The standard InChI is InChI=1S/C26H19ClN4OS/c27-20-3-1-18(2-4-20)25-29-22-10-14-31(26(32)24(22)33-25)21-5-6-23-19(15-21)9-13-30(23)16-17-7-11-28-12-8-17/h1-9,11-13,15H,10,14,16H2. The number of pyridine rings is 1. The molecule has 0 N–H and O–H groups in total. The molecule has 33 heavy (non-hydrogen) atoms. The molecule has 0 fully saturated rings. The van der Waals surface area contributed by atoms with E-state index >= 15 is 0 Å². The molecule has 6 rings (SSSR count). The first kappa shape index (κ1) is 20.1. The van der Waals surface area contributed by atoms with Gasteiger partial charge in [-0.2, -0.15) is 0 Å². The van der Waals surface area contributed by atoms with Crippen LogP contribution in [0.4, 0.5) is 5.69 Å². The Kier molecular flexibility index (Phi) is 4.97. The minimum Gasteiger partial charge on any atom is -0.343 e. The molecule has 0 unspecified atom stereocenters. The third-order valence-electron chi connectivity index (χ3n) is 5.97. The van der Waals surface area contributed by atoms with Crippen molar-refractivity contribution in [3.05, 3.63) is 100 Å². The van der Waals surface area contributed by atoms with Crippen molar-refractivity contribution in [2.24, 2.45) is 0 Å². The molecular formula is C26H19ClN4OS. The fourth-order valence-corrected chi connectivity index (χ4v) is 5.46. The molecule has 162 valence electrons. The zero-order chi connectivity index (χ0) is 22.4. The maximum atomic E-state index is 13.4. The van der Waals surface area contributed by atoms with Gasteiger partial charge in [-0.05, 0) is 54.1 Å². The van der Waals surface area contributed by atoms with Gasteiger partial charge in [0, 0.05) is 65.3 Å². The third-order valence-corrected chi connectivity index (χ3v) is 7.36. The number of fused-ring (bicyclic) bond motifs is 2. The summed E-state index contributed by atoms with van der Waals surface area (Å²) in [6.45, 7) is 1.41. The number of anilines is 1. The highest BCUT2D eigenvalue weighted by atomic mass is 35.5. The van der Waals surface area contributed by atoms with E-state index in [1.807, 2.05) is 59.8 Å². The van der Waals surface area contributed by atoms with Gasteiger partial charge in [0.05, 0.1) is 5.69 Å². The maximum absolute atomic E-state index is 13.4. The zero-order valence-electron chi connectivity index (χ0n) is 17.6. The number of carbonyl (C=O) groups is 1. The van der Waals surface area contributed by atoms with Crippen LogP contribution in [0.1, 0.15) is 20.9 Å². The quantitative estimate of drug-likeness (QED) is 0.320. The van der Waals surface area contributed by atoms with Crippen LogP contribution < -0.4 is 4.90 Å². The van der Waals surface area contributed by atoms with Crippen molar-refractivity contribution < 1.29 is 4.79 Å². The predicted molar refractivity (Wildman–Crippen MR) is 133 cm³/mol. The Morgan fingerprint density at radius 2 is 1.82 bits per heavy atom. The van der Waals surface area contributed by atoms with Gasteiger partial charge >= 0.3 is 0 Å². The highest BCUT2D eigenvalue weighted by Gasteiger charge is 2.29. The first-order valence-corrected chi connectivity index (χ1v) is 11.9. The Hall–Kier alpha value is -3.48. The van der Waals surface area contributed by atoms with Gasteiger partial charge in [0.1, 0.15) is 9.88 Å². The summed E-state index contributed by atoms with van der Waals surface area (Å²) in [4.78, 5) is 24.8. The highest BCUT2D eigenvalue weighted by Crippen LogP contribution is 2.34. The number of thiazole rings is 1. The summed E-state index contributed by atoms with van der Waals surface area (Å²) in [5.74, 6) is 0.0181. The van der Waals surface area contributed by atoms with E-state index in [0.717, 1.165) is 50.7 Å². The summed E-state index contributed by atoms with van der Waals surface area (Å²) in [6.07, 6.45) is 6.46. The molecule has 3 aromatic heterocycles. The highest BCUT2D eigenvalue weighted by molar-refractivity contribution is 7.17. The van der Waals surface area contributed by atoms with E-state index in [0.29, 0.717) is 11.6 Å². The number of rotatable bonds is 4. The molecule has 5 aromatic rings. The van der Waals surface area contributed by atoms with Gasteiger partial charge in [0.25, 0.3) is 5.91 Å². The summed E-state index contributed by atoms with van der Waals surface area (Å²) in [5.41, 5.74) is 5.13. The normalized spacial score (nSPS) is 13.5. The van der Waals surface area contributed by atoms with Gasteiger partial charge in [0.2, 0.25) is 0 Å². The van der Waals surface area contributed by atoms with Crippen molar-refractivity contribution in [2.45, 2.75) is 13.0 Å². The molecule has 0 atom stereocenters. The zero-order valence-corrected chi connectivity index (χ0v) is 19.2. The maximum Gasteiger partial charge on any atom is 0.270 e. The number of nitrogens with zero attached hydrogens (tertiary/aromatic N) is 4. The number of aromatic nitrogens is 3. The lowest BCUT2D eigenvalue weighted by molar-refractivity contribution is 0.0984. The number of amides is 1. The molecule has 0 saturated heterocycles. The minimum atomic E-state index is 0.0181. The molecule has 1 amide bonds. The first-order valence-electron chi connectivity index (χ1n) is 10.7. The van der Waals surface area contributed by atoms with E-state index < -0.39 is 0 Å². The molecule has 7 heteroatoms. The van der Waals surface area contributed by atoms with Crippen molar-refractivity contribution in [2.75, 3.05) is 11.4 Å². The van der Waals surface area contributed by atoms with Crippen molar-refractivity contribution in [1.29, 1.82) is 0 Å². The van der Waals surface area contributed by atoms with Crippen LogP contribution in [0.5, 0.6) is 0 Å². The number of hydrogen-bond donors (Lipinski definition) is 0. The second kappa shape index (κ2) is 8.14.